The number of hydrogen-bond acceptors (Lipinski definition) is 7. The molecule has 186 valence electrons. The molecular formula is C24H24ClN7O4. The Balaban J connectivity index is 1.47. The summed E-state index contributed by atoms with van der Waals surface area (Å²) in [4.78, 5) is 36.9. The third kappa shape index (κ3) is 6.52. The van der Waals surface area contributed by atoms with Crippen LogP contribution >= 0.6 is 11.6 Å². The van der Waals surface area contributed by atoms with Gasteiger partial charge in [0.25, 0.3) is 0 Å². The van der Waals surface area contributed by atoms with Crippen molar-refractivity contribution in [3.05, 3.63) is 71.0 Å². The number of anilines is 1. The Hall–Kier alpha value is -4.09. The number of aromatic nitrogens is 4. The highest BCUT2D eigenvalue weighted by Gasteiger charge is 2.26. The van der Waals surface area contributed by atoms with Gasteiger partial charge in [-0.2, -0.15) is 4.68 Å². The lowest BCUT2D eigenvalue weighted by atomic mass is 10.0. The molecule has 1 aliphatic heterocycles. The first-order valence-corrected chi connectivity index (χ1v) is 11.7. The van der Waals surface area contributed by atoms with Gasteiger partial charge in [0.2, 0.25) is 11.8 Å². The first-order valence-electron chi connectivity index (χ1n) is 11.3. The molecule has 0 saturated carbocycles. The summed E-state index contributed by atoms with van der Waals surface area (Å²) in [7, 11) is 0. The van der Waals surface area contributed by atoms with Crippen molar-refractivity contribution in [2.24, 2.45) is 0 Å². The molecule has 0 bridgehead atoms. The maximum atomic E-state index is 13.0. The van der Waals surface area contributed by atoms with E-state index in [-0.39, 0.29) is 11.6 Å². The van der Waals surface area contributed by atoms with Crippen LogP contribution in [0.5, 0.6) is 0 Å². The lowest BCUT2D eigenvalue weighted by Gasteiger charge is -2.21. The molecule has 4 N–H and O–H groups in total. The number of carbonyl (C=O) groups is 3. The van der Waals surface area contributed by atoms with E-state index >= 15 is 0 Å². The molecule has 0 aliphatic carbocycles. The molecule has 2 amide bonds. The van der Waals surface area contributed by atoms with Crippen molar-refractivity contribution in [3.8, 4) is 5.69 Å². The molecule has 36 heavy (non-hydrogen) atoms. The molecular weight excluding hydrogens is 486 g/mol. The van der Waals surface area contributed by atoms with Crippen molar-refractivity contribution in [1.82, 2.24) is 30.8 Å². The molecule has 1 aromatic heterocycles. The number of nitrogens with one attached hydrogen (secondary N) is 3. The van der Waals surface area contributed by atoms with Crippen molar-refractivity contribution in [2.75, 3.05) is 11.9 Å². The third-order valence-electron chi connectivity index (χ3n) is 5.71. The molecule has 1 saturated heterocycles. The predicted molar refractivity (Wildman–Crippen MR) is 133 cm³/mol. The number of benzene rings is 2. The van der Waals surface area contributed by atoms with Gasteiger partial charge in [-0.05, 0) is 84.8 Å². The molecule has 2 aromatic carbocycles. The normalized spacial score (nSPS) is 16.1. The molecule has 1 aliphatic rings. The van der Waals surface area contributed by atoms with E-state index in [1.54, 1.807) is 24.3 Å². The second-order valence-electron chi connectivity index (χ2n) is 8.25. The highest BCUT2D eigenvalue weighted by Crippen LogP contribution is 2.20. The van der Waals surface area contributed by atoms with Crippen LogP contribution in [0.4, 0.5) is 5.69 Å². The average Bonchev–Trinajstić information content (AvgIpc) is 3.57. The molecule has 11 nitrogen and oxygen atoms in total. The highest BCUT2D eigenvalue weighted by molar-refractivity contribution is 6.30. The summed E-state index contributed by atoms with van der Waals surface area (Å²) in [5.41, 5.74) is 1.79. The molecule has 0 spiro atoms. The SMILES string of the molecule is O=C(C=Cc1cc(Cl)ccc1-n1cnnn1)NC(CC1CCCN1)C(=O)Nc1ccc(C(=O)O)cc1. The van der Waals surface area contributed by atoms with Crippen LogP contribution in [0.25, 0.3) is 11.8 Å². The van der Waals surface area contributed by atoms with Gasteiger partial charge in [-0.3, -0.25) is 9.59 Å². The fraction of sp³-hybridized carbons (Fsp3) is 0.250. The first-order chi connectivity index (χ1) is 17.4. The van der Waals surface area contributed by atoms with E-state index in [1.165, 1.54) is 41.4 Å². The zero-order chi connectivity index (χ0) is 25.5. The quantitative estimate of drug-likeness (QED) is 0.321. The van der Waals surface area contributed by atoms with E-state index in [4.69, 9.17) is 16.7 Å². The third-order valence-corrected chi connectivity index (χ3v) is 5.95. The molecule has 3 aromatic rings. The number of halogens is 1. The maximum Gasteiger partial charge on any atom is 0.335 e. The van der Waals surface area contributed by atoms with Crippen LogP contribution < -0.4 is 16.0 Å². The molecule has 2 heterocycles. The topological polar surface area (TPSA) is 151 Å². The Kier molecular flexibility index (Phi) is 8.03. The lowest BCUT2D eigenvalue weighted by Crippen LogP contribution is -2.46. The number of tetrazole rings is 1. The Morgan fingerprint density at radius 1 is 1.22 bits per heavy atom. The molecule has 12 heteroatoms. The van der Waals surface area contributed by atoms with Crippen molar-refractivity contribution < 1.29 is 19.5 Å². The van der Waals surface area contributed by atoms with Crippen molar-refractivity contribution >= 4 is 41.1 Å². The smallest absolute Gasteiger partial charge is 0.335 e. The number of hydrogen-bond donors (Lipinski definition) is 4. The van der Waals surface area contributed by atoms with Crippen molar-refractivity contribution in [2.45, 2.75) is 31.3 Å². The Morgan fingerprint density at radius 2 is 2.03 bits per heavy atom. The average molecular weight is 510 g/mol. The minimum atomic E-state index is -1.06. The monoisotopic (exact) mass is 509 g/mol. The van der Waals surface area contributed by atoms with Gasteiger partial charge in [-0.25, -0.2) is 4.79 Å². The molecule has 0 radical (unpaired) electrons. The second kappa shape index (κ2) is 11.6. The number of carboxylic acids is 1. The summed E-state index contributed by atoms with van der Waals surface area (Å²) in [6.45, 7) is 0.859. The number of carboxylic acid groups (broad SMARTS) is 1. The van der Waals surface area contributed by atoms with E-state index in [2.05, 4.69) is 31.5 Å². The van der Waals surface area contributed by atoms with E-state index in [1.807, 2.05) is 0 Å². The fourth-order valence-corrected chi connectivity index (χ4v) is 4.10. The summed E-state index contributed by atoms with van der Waals surface area (Å²) in [5.74, 6) is -1.91. The summed E-state index contributed by atoms with van der Waals surface area (Å²) in [5, 5.41) is 29.5. The molecule has 2 unspecified atom stereocenters. The van der Waals surface area contributed by atoms with Crippen LogP contribution in [-0.4, -0.2) is 61.7 Å². The molecule has 2 atom stereocenters. The summed E-state index contributed by atoms with van der Waals surface area (Å²) in [6.07, 6.45) is 6.64. The summed E-state index contributed by atoms with van der Waals surface area (Å²) >= 11 is 6.13. The summed E-state index contributed by atoms with van der Waals surface area (Å²) in [6, 6.07) is 10.2. The predicted octanol–water partition coefficient (Wildman–Crippen LogP) is 2.29. The van der Waals surface area contributed by atoms with Crippen LogP contribution in [0.15, 0.2) is 54.9 Å². The number of nitrogens with zero attached hydrogens (tertiary/aromatic N) is 4. The van der Waals surface area contributed by atoms with E-state index in [0.29, 0.717) is 28.4 Å². The second-order valence-corrected chi connectivity index (χ2v) is 8.69. The van der Waals surface area contributed by atoms with Gasteiger partial charge in [0.05, 0.1) is 11.3 Å². The largest absolute Gasteiger partial charge is 0.478 e. The van der Waals surface area contributed by atoms with E-state index in [0.717, 1.165) is 19.4 Å². The lowest BCUT2D eigenvalue weighted by molar-refractivity contribution is -0.124. The Bertz CT molecular complexity index is 1260. The minimum Gasteiger partial charge on any atom is -0.478 e. The van der Waals surface area contributed by atoms with Gasteiger partial charge >= 0.3 is 5.97 Å². The van der Waals surface area contributed by atoms with Crippen molar-refractivity contribution in [3.63, 3.8) is 0 Å². The van der Waals surface area contributed by atoms with Crippen LogP contribution in [-0.2, 0) is 9.59 Å². The maximum absolute atomic E-state index is 13.0. The zero-order valence-corrected chi connectivity index (χ0v) is 19.9. The number of carbonyl (C=O) groups excluding carboxylic acids is 2. The van der Waals surface area contributed by atoms with Crippen molar-refractivity contribution in [1.29, 1.82) is 0 Å². The van der Waals surface area contributed by atoms with Gasteiger partial charge in [0, 0.05) is 28.4 Å². The highest BCUT2D eigenvalue weighted by atomic mass is 35.5. The van der Waals surface area contributed by atoms with Gasteiger partial charge in [-0.1, -0.05) is 11.6 Å². The summed E-state index contributed by atoms with van der Waals surface area (Å²) < 4.78 is 1.45. The van der Waals surface area contributed by atoms with E-state index in [9.17, 15) is 14.4 Å². The van der Waals surface area contributed by atoms with Crippen LogP contribution in [0.1, 0.15) is 35.2 Å². The van der Waals surface area contributed by atoms with Crippen LogP contribution in [0, 0.1) is 0 Å². The van der Waals surface area contributed by atoms with Gasteiger partial charge < -0.3 is 21.1 Å². The Morgan fingerprint density at radius 3 is 2.69 bits per heavy atom. The van der Waals surface area contributed by atoms with Crippen LogP contribution in [0.3, 0.4) is 0 Å². The number of amides is 2. The standard InChI is InChI=1S/C24H24ClN7O4/c25-17-6-9-21(32-14-27-30-31-32)16(12-17)5-10-22(33)29-20(13-19-2-1-11-26-19)23(34)28-18-7-3-15(4-8-18)24(35)36/h3-10,12,14,19-20,26H,1-2,11,13H2,(H,28,34)(H,29,33)(H,35,36). The first kappa shape index (κ1) is 25.0. The molecule has 4 rings (SSSR count). The zero-order valence-electron chi connectivity index (χ0n) is 19.1. The number of rotatable bonds is 9. The molecule has 1 fully saturated rings. The van der Waals surface area contributed by atoms with Gasteiger partial charge in [0.1, 0.15) is 12.4 Å². The van der Waals surface area contributed by atoms with Crippen LogP contribution in [0.2, 0.25) is 5.02 Å². The van der Waals surface area contributed by atoms with Gasteiger partial charge in [-0.15, -0.1) is 5.10 Å². The number of aromatic carboxylic acids is 1. The fourth-order valence-electron chi connectivity index (χ4n) is 3.92. The Labute approximate surface area is 211 Å². The minimum absolute atomic E-state index is 0.0961. The van der Waals surface area contributed by atoms with E-state index < -0.39 is 23.8 Å². The van der Waals surface area contributed by atoms with Gasteiger partial charge in [0.15, 0.2) is 0 Å².